The molecule has 1 unspecified atom stereocenters. The molecular formula is C21H18N6OS2. The number of carbonyl (C=O) groups is 1. The van der Waals surface area contributed by atoms with Crippen LogP contribution in [0.25, 0.3) is 0 Å². The number of Topliss-reactive ketones (excluding diaryl/α,β-unsaturated/α-hetero) is 1. The summed E-state index contributed by atoms with van der Waals surface area (Å²) in [4.78, 5) is 14.8. The van der Waals surface area contributed by atoms with Gasteiger partial charge in [0.15, 0.2) is 10.1 Å². The van der Waals surface area contributed by atoms with Crippen LogP contribution < -0.4 is 10.6 Å². The van der Waals surface area contributed by atoms with Gasteiger partial charge in [0.1, 0.15) is 5.82 Å². The third-order valence-electron chi connectivity index (χ3n) is 5.26. The quantitative estimate of drug-likeness (QED) is 0.722. The van der Waals surface area contributed by atoms with Crippen molar-refractivity contribution in [1.29, 1.82) is 10.5 Å². The summed E-state index contributed by atoms with van der Waals surface area (Å²) >= 11 is 2.59. The zero-order valence-corrected chi connectivity index (χ0v) is 17.9. The molecule has 1 aliphatic carbocycles. The molecule has 0 spiro atoms. The molecule has 2 aromatic rings. The molecule has 1 aromatic carbocycles. The number of allylic oxidation sites excluding steroid dienone is 3. The van der Waals surface area contributed by atoms with Gasteiger partial charge in [0.25, 0.3) is 0 Å². The molecule has 1 atom stereocenters. The van der Waals surface area contributed by atoms with Crippen molar-refractivity contribution in [3.8, 4) is 12.1 Å². The lowest BCUT2D eigenvalue weighted by atomic mass is 9.75. The Hall–Kier alpha value is -3.14. The van der Waals surface area contributed by atoms with Crippen LogP contribution in [0.3, 0.4) is 0 Å². The Morgan fingerprint density at radius 1 is 1.30 bits per heavy atom. The summed E-state index contributed by atoms with van der Waals surface area (Å²) in [5.41, 5.74) is 10.2. The first-order valence-electron chi connectivity index (χ1n) is 9.41. The SMILES string of the molecule is Cc1ccccc1C1C(C#N)=C(N)N(c2nnc(SCC#N)s2)C2=C1C(=O)CCC2. The number of anilines is 1. The molecule has 0 saturated carbocycles. The predicted octanol–water partition coefficient (Wildman–Crippen LogP) is 3.77. The summed E-state index contributed by atoms with van der Waals surface area (Å²) in [5.74, 6) is 0.117. The number of aromatic nitrogens is 2. The Kier molecular flexibility index (Phi) is 5.58. The smallest absolute Gasteiger partial charge is 0.219 e. The van der Waals surface area contributed by atoms with Crippen LogP contribution in [0.5, 0.6) is 0 Å². The van der Waals surface area contributed by atoms with Crippen LogP contribution in [0.1, 0.15) is 36.3 Å². The van der Waals surface area contributed by atoms with Gasteiger partial charge in [0, 0.05) is 17.7 Å². The summed E-state index contributed by atoms with van der Waals surface area (Å²) < 4.78 is 0.642. The van der Waals surface area contributed by atoms with Crippen molar-refractivity contribution in [2.45, 2.75) is 36.4 Å². The van der Waals surface area contributed by atoms with E-state index in [-0.39, 0.29) is 17.4 Å². The molecular weight excluding hydrogens is 416 g/mol. The highest BCUT2D eigenvalue weighted by Crippen LogP contribution is 2.47. The summed E-state index contributed by atoms with van der Waals surface area (Å²) in [6, 6.07) is 12.1. The largest absolute Gasteiger partial charge is 0.384 e. The highest BCUT2D eigenvalue weighted by atomic mass is 32.2. The lowest BCUT2D eigenvalue weighted by molar-refractivity contribution is -0.116. The molecule has 7 nitrogen and oxygen atoms in total. The van der Waals surface area contributed by atoms with Crippen molar-refractivity contribution in [1.82, 2.24) is 10.2 Å². The first-order chi connectivity index (χ1) is 14.6. The van der Waals surface area contributed by atoms with Gasteiger partial charge in [-0.1, -0.05) is 47.4 Å². The molecule has 9 heteroatoms. The molecule has 0 amide bonds. The van der Waals surface area contributed by atoms with E-state index in [1.165, 1.54) is 23.1 Å². The van der Waals surface area contributed by atoms with Crippen molar-refractivity contribution in [3.63, 3.8) is 0 Å². The van der Waals surface area contributed by atoms with Crippen molar-refractivity contribution < 1.29 is 4.79 Å². The number of hydrogen-bond donors (Lipinski definition) is 1. The minimum Gasteiger partial charge on any atom is -0.384 e. The first kappa shape index (κ1) is 20.1. The molecule has 30 heavy (non-hydrogen) atoms. The van der Waals surface area contributed by atoms with Crippen LogP contribution in [0, 0.1) is 29.6 Å². The number of carbonyl (C=O) groups excluding carboxylic acids is 1. The maximum atomic E-state index is 13.1. The van der Waals surface area contributed by atoms with E-state index >= 15 is 0 Å². The Morgan fingerprint density at radius 3 is 2.83 bits per heavy atom. The van der Waals surface area contributed by atoms with Gasteiger partial charge in [-0.2, -0.15) is 10.5 Å². The third kappa shape index (κ3) is 3.36. The zero-order valence-electron chi connectivity index (χ0n) is 16.3. The summed E-state index contributed by atoms with van der Waals surface area (Å²) in [5, 5.41) is 27.7. The number of benzene rings is 1. The highest BCUT2D eigenvalue weighted by molar-refractivity contribution is 8.01. The second-order valence-corrected chi connectivity index (χ2v) is 9.15. The van der Waals surface area contributed by atoms with E-state index in [0.717, 1.165) is 23.2 Å². The van der Waals surface area contributed by atoms with Crippen molar-refractivity contribution in [3.05, 3.63) is 58.1 Å². The number of thioether (sulfide) groups is 1. The van der Waals surface area contributed by atoms with E-state index in [9.17, 15) is 10.1 Å². The number of nitrogens with zero attached hydrogens (tertiary/aromatic N) is 5. The van der Waals surface area contributed by atoms with Crippen LogP contribution in [-0.4, -0.2) is 21.7 Å². The van der Waals surface area contributed by atoms with Crippen LogP contribution in [-0.2, 0) is 4.79 Å². The molecule has 2 heterocycles. The van der Waals surface area contributed by atoms with Gasteiger partial charge in [-0.15, -0.1) is 10.2 Å². The summed E-state index contributed by atoms with van der Waals surface area (Å²) in [6.45, 7) is 1.98. The molecule has 0 saturated heterocycles. The topological polar surface area (TPSA) is 120 Å². The molecule has 1 aromatic heterocycles. The van der Waals surface area contributed by atoms with Crippen molar-refractivity contribution >= 4 is 34.0 Å². The normalized spacial score (nSPS) is 18.8. The van der Waals surface area contributed by atoms with Gasteiger partial charge in [-0.25, -0.2) is 0 Å². The first-order valence-corrected chi connectivity index (χ1v) is 11.2. The predicted molar refractivity (Wildman–Crippen MR) is 115 cm³/mol. The van der Waals surface area contributed by atoms with Gasteiger partial charge < -0.3 is 5.73 Å². The van der Waals surface area contributed by atoms with E-state index in [1.54, 1.807) is 4.90 Å². The Bertz CT molecular complexity index is 1170. The number of rotatable bonds is 4. The molecule has 150 valence electrons. The van der Waals surface area contributed by atoms with Crippen molar-refractivity contribution in [2.24, 2.45) is 5.73 Å². The standard InChI is InChI=1S/C21H18N6OS2/c1-12-5-2-3-6-13(12)17-14(11-23)19(24)27(15-7-4-8-16(28)18(15)17)20-25-26-21(30-20)29-10-9-22/h2-3,5-6,17H,4,7-8,10,24H2,1H3. The number of ketones is 1. The van der Waals surface area contributed by atoms with E-state index < -0.39 is 5.92 Å². The summed E-state index contributed by atoms with van der Waals surface area (Å²) in [7, 11) is 0. The van der Waals surface area contributed by atoms with Crippen LogP contribution >= 0.6 is 23.1 Å². The van der Waals surface area contributed by atoms with E-state index in [0.29, 0.717) is 33.5 Å². The minimum absolute atomic E-state index is 0.0401. The molecule has 0 radical (unpaired) electrons. The zero-order chi connectivity index (χ0) is 21.3. The molecule has 4 rings (SSSR count). The van der Waals surface area contributed by atoms with E-state index in [1.807, 2.05) is 31.2 Å². The van der Waals surface area contributed by atoms with Gasteiger partial charge in [0.05, 0.1) is 29.4 Å². The highest BCUT2D eigenvalue weighted by Gasteiger charge is 2.41. The number of nitriles is 2. The lowest BCUT2D eigenvalue weighted by Gasteiger charge is -2.38. The Morgan fingerprint density at radius 2 is 2.10 bits per heavy atom. The molecule has 0 bridgehead atoms. The Balaban J connectivity index is 1.90. The Labute approximate surface area is 182 Å². The minimum atomic E-state index is -0.476. The monoisotopic (exact) mass is 434 g/mol. The van der Waals surface area contributed by atoms with Gasteiger partial charge in [-0.05, 0) is 30.9 Å². The van der Waals surface area contributed by atoms with E-state index in [2.05, 4.69) is 22.3 Å². The molecule has 0 fully saturated rings. The van der Waals surface area contributed by atoms with Crippen molar-refractivity contribution in [2.75, 3.05) is 10.7 Å². The van der Waals surface area contributed by atoms with Crippen LogP contribution in [0.15, 0.2) is 51.3 Å². The van der Waals surface area contributed by atoms with Gasteiger partial charge >= 0.3 is 0 Å². The second kappa shape index (κ2) is 8.31. The number of nitrogens with two attached hydrogens (primary N) is 1. The second-order valence-electron chi connectivity index (χ2n) is 6.97. The fraction of sp³-hybridized carbons (Fsp3) is 0.286. The van der Waals surface area contributed by atoms with Gasteiger partial charge in [-0.3, -0.25) is 9.69 Å². The van der Waals surface area contributed by atoms with E-state index in [4.69, 9.17) is 11.0 Å². The average Bonchev–Trinajstić information content (AvgIpc) is 3.20. The van der Waals surface area contributed by atoms with Crippen LogP contribution in [0.2, 0.25) is 0 Å². The number of aryl methyl sites for hydroxylation is 1. The fourth-order valence-electron chi connectivity index (χ4n) is 3.97. The third-order valence-corrected chi connectivity index (χ3v) is 7.17. The van der Waals surface area contributed by atoms with Gasteiger partial charge in [0.2, 0.25) is 5.13 Å². The average molecular weight is 435 g/mol. The van der Waals surface area contributed by atoms with Crippen LogP contribution in [0.4, 0.5) is 5.13 Å². The molecule has 1 aliphatic heterocycles. The number of hydrogen-bond acceptors (Lipinski definition) is 9. The summed E-state index contributed by atoms with van der Waals surface area (Å²) in [6.07, 6.45) is 1.84. The molecule has 2 N–H and O–H groups in total. The maximum Gasteiger partial charge on any atom is 0.219 e. The fourth-order valence-corrected chi connectivity index (χ4v) is 5.51. The molecule has 2 aliphatic rings. The maximum absolute atomic E-state index is 13.1. The lowest BCUT2D eigenvalue weighted by Crippen LogP contribution is -2.38.